The van der Waals surface area contributed by atoms with Crippen molar-refractivity contribution in [3.63, 3.8) is 0 Å². The summed E-state index contributed by atoms with van der Waals surface area (Å²) in [6, 6.07) is 0. The molecule has 0 amide bonds. The molecule has 2 aliphatic rings. The summed E-state index contributed by atoms with van der Waals surface area (Å²) >= 11 is 0. The van der Waals surface area contributed by atoms with E-state index in [0.29, 0.717) is 23.7 Å². The lowest BCUT2D eigenvalue weighted by Crippen LogP contribution is -2.36. The van der Waals surface area contributed by atoms with Crippen LogP contribution in [0.3, 0.4) is 0 Å². The van der Waals surface area contributed by atoms with Gasteiger partial charge < -0.3 is 14.6 Å². The third kappa shape index (κ3) is 6.10. The average Bonchev–Trinajstić information content (AvgIpc) is 2.61. The molecular weight excluding hydrogens is 368 g/mol. The maximum atomic E-state index is 12.7. The largest absolute Gasteiger partial charge is 0.547 e. The van der Waals surface area contributed by atoms with Crippen molar-refractivity contribution >= 4 is 5.97 Å². The molecule has 0 unspecified atom stereocenters. The van der Waals surface area contributed by atoms with E-state index in [1.165, 1.54) is 0 Å². The van der Waals surface area contributed by atoms with Gasteiger partial charge in [0.1, 0.15) is 12.2 Å². The van der Waals surface area contributed by atoms with Gasteiger partial charge in [-0.1, -0.05) is 54.4 Å². The third-order valence-electron chi connectivity index (χ3n) is 6.94. The summed E-state index contributed by atoms with van der Waals surface area (Å²) in [5.41, 5.74) is -0.536. The van der Waals surface area contributed by atoms with Gasteiger partial charge in [0, 0.05) is 0 Å². The Morgan fingerprint density at radius 3 is 1.76 bits per heavy atom. The normalized spacial score (nSPS) is 33.8. The number of carbonyl (C=O) groups is 1. The van der Waals surface area contributed by atoms with Gasteiger partial charge in [-0.05, 0) is 61.2 Å². The van der Waals surface area contributed by atoms with E-state index in [1.54, 1.807) is 0 Å². The van der Waals surface area contributed by atoms with Gasteiger partial charge in [0.2, 0.25) is 5.39 Å². The number of diazo groups is 1. The summed E-state index contributed by atoms with van der Waals surface area (Å²) in [7, 11) is 0. The van der Waals surface area contributed by atoms with Crippen molar-refractivity contribution in [2.75, 3.05) is 0 Å². The van der Waals surface area contributed by atoms with Crippen molar-refractivity contribution in [3.8, 4) is 0 Å². The molecule has 6 nitrogen and oxygen atoms in total. The minimum atomic E-state index is -0.820. The number of aliphatic hydroxyl groups excluding tert-OH is 1. The standard InChI is InChI=1S/C23H38N2O4/c1-13(2)17-9-7-15(5)11-19(17)28-22(26)21(25-24)23(27)29-20-12-16(6)8-10-18(20)14(3)4/h13-20H,7-12H2,1-6H3/p+1/t15-,16-,17+,18+,19-,20-/m1/s1. The molecule has 2 rings (SSSR count). The molecule has 0 aromatic rings. The minimum absolute atomic E-state index is 0.207. The first kappa shape index (κ1) is 23.5. The van der Waals surface area contributed by atoms with E-state index in [1.807, 2.05) is 0 Å². The van der Waals surface area contributed by atoms with E-state index in [0.717, 1.165) is 38.5 Å². The summed E-state index contributed by atoms with van der Waals surface area (Å²) in [6.45, 7) is 12.9. The van der Waals surface area contributed by atoms with Crippen molar-refractivity contribution in [1.82, 2.24) is 0 Å². The quantitative estimate of drug-likeness (QED) is 0.251. The third-order valence-corrected chi connectivity index (χ3v) is 6.94. The van der Waals surface area contributed by atoms with E-state index in [9.17, 15) is 15.3 Å². The molecule has 2 saturated carbocycles. The highest BCUT2D eigenvalue weighted by molar-refractivity contribution is 5.90. The summed E-state index contributed by atoms with van der Waals surface area (Å²) < 4.78 is 11.5. The lowest BCUT2D eigenvalue weighted by molar-refractivity contribution is -0.151. The van der Waals surface area contributed by atoms with Crippen LogP contribution in [0.25, 0.3) is 4.98 Å². The number of aliphatic hydroxyl groups is 1. The number of nitrogens with zero attached hydrogens (tertiary/aromatic N) is 2. The van der Waals surface area contributed by atoms with Gasteiger partial charge in [-0.25, -0.2) is 4.79 Å². The van der Waals surface area contributed by atoms with Crippen LogP contribution in [0.5, 0.6) is 0 Å². The van der Waals surface area contributed by atoms with Gasteiger partial charge in [-0.2, -0.15) is 0 Å². The van der Waals surface area contributed by atoms with Crippen LogP contribution in [0.15, 0.2) is 11.6 Å². The summed E-state index contributed by atoms with van der Waals surface area (Å²) in [5, 5.41) is 19.9. The Kier molecular flexibility index (Phi) is 8.36. The molecule has 0 bridgehead atoms. The van der Waals surface area contributed by atoms with Crippen molar-refractivity contribution in [2.24, 2.45) is 35.5 Å². The van der Waals surface area contributed by atoms with Gasteiger partial charge in [0.05, 0.1) is 0 Å². The molecule has 0 aliphatic heterocycles. The zero-order valence-electron chi connectivity index (χ0n) is 18.9. The van der Waals surface area contributed by atoms with Crippen LogP contribution in [-0.2, 0) is 14.3 Å². The van der Waals surface area contributed by atoms with Crippen LogP contribution < -0.4 is 0 Å². The Hall–Kier alpha value is -1.77. The van der Waals surface area contributed by atoms with Gasteiger partial charge in [0.15, 0.2) is 4.98 Å². The number of rotatable bonds is 6. The summed E-state index contributed by atoms with van der Waals surface area (Å²) in [6.07, 6.45) is 5.40. The maximum Gasteiger partial charge on any atom is 0.547 e. The molecule has 0 heterocycles. The SMILES string of the molecule is CC(C)[C@@H]1CC[C@@H](C)C[C@H]1OC(=O)/C([N+]#N)=C(\O)O[C@@H]1C[C@H](C)CC[C@H]1C(C)C. The minimum Gasteiger partial charge on any atom is -0.475 e. The van der Waals surface area contributed by atoms with Crippen molar-refractivity contribution < 1.29 is 19.4 Å². The van der Waals surface area contributed by atoms with Gasteiger partial charge in [-0.15, -0.1) is 0 Å². The van der Waals surface area contributed by atoms with E-state index in [4.69, 9.17) is 9.47 Å². The van der Waals surface area contributed by atoms with E-state index < -0.39 is 17.6 Å². The molecule has 29 heavy (non-hydrogen) atoms. The zero-order valence-corrected chi connectivity index (χ0v) is 18.9. The first-order chi connectivity index (χ1) is 13.6. The fourth-order valence-electron chi connectivity index (χ4n) is 5.06. The molecule has 2 fully saturated rings. The Balaban J connectivity index is 2.13. The van der Waals surface area contributed by atoms with E-state index >= 15 is 0 Å². The predicted molar refractivity (Wildman–Crippen MR) is 112 cm³/mol. The fraction of sp³-hybridized carbons (Fsp3) is 0.870. The zero-order chi connectivity index (χ0) is 21.7. The van der Waals surface area contributed by atoms with Gasteiger partial charge >= 0.3 is 17.6 Å². The summed E-state index contributed by atoms with van der Waals surface area (Å²) in [4.78, 5) is 15.7. The van der Waals surface area contributed by atoms with E-state index in [2.05, 4.69) is 46.5 Å². The molecule has 1 N–H and O–H groups in total. The first-order valence-electron chi connectivity index (χ1n) is 11.3. The Morgan fingerprint density at radius 2 is 1.34 bits per heavy atom. The highest BCUT2D eigenvalue weighted by Gasteiger charge is 2.41. The van der Waals surface area contributed by atoms with Crippen LogP contribution in [0, 0.1) is 40.9 Å². The monoisotopic (exact) mass is 407 g/mol. The van der Waals surface area contributed by atoms with Gasteiger partial charge in [0.25, 0.3) is 0 Å². The highest BCUT2D eigenvalue weighted by atomic mass is 16.6. The highest BCUT2D eigenvalue weighted by Crippen LogP contribution is 2.37. The van der Waals surface area contributed by atoms with Crippen molar-refractivity contribution in [1.29, 1.82) is 5.39 Å². The smallest absolute Gasteiger partial charge is 0.475 e. The Morgan fingerprint density at radius 1 is 0.897 bits per heavy atom. The topological polar surface area (TPSA) is 83.9 Å². The molecule has 6 atom stereocenters. The maximum absolute atomic E-state index is 12.7. The number of esters is 1. The Bertz CT molecular complexity index is 637. The molecule has 0 aromatic heterocycles. The second kappa shape index (κ2) is 10.3. The van der Waals surface area contributed by atoms with Crippen LogP contribution >= 0.6 is 0 Å². The predicted octanol–water partition coefficient (Wildman–Crippen LogP) is 6.05. The number of hydrogen-bond acceptors (Lipinski definition) is 5. The Labute approximate surface area is 175 Å². The molecule has 0 radical (unpaired) electrons. The first-order valence-corrected chi connectivity index (χ1v) is 11.3. The lowest BCUT2D eigenvalue weighted by Gasteiger charge is -2.36. The average molecular weight is 408 g/mol. The lowest BCUT2D eigenvalue weighted by atomic mass is 9.75. The second-order valence-electron chi connectivity index (χ2n) is 10.0. The molecule has 6 heteroatoms. The molecule has 0 aromatic carbocycles. The number of ether oxygens (including phenoxy) is 2. The van der Waals surface area contributed by atoms with Crippen molar-refractivity contribution in [3.05, 3.63) is 16.6 Å². The van der Waals surface area contributed by atoms with Crippen LogP contribution in [0.2, 0.25) is 0 Å². The van der Waals surface area contributed by atoms with Crippen LogP contribution in [0.1, 0.15) is 80.1 Å². The molecular formula is C23H39N2O4+. The van der Waals surface area contributed by atoms with E-state index in [-0.39, 0.29) is 24.0 Å². The van der Waals surface area contributed by atoms with Crippen LogP contribution in [0.4, 0.5) is 0 Å². The number of carbonyl (C=O) groups excluding carboxylic acids is 1. The fourth-order valence-corrected chi connectivity index (χ4v) is 5.06. The molecule has 164 valence electrons. The van der Waals surface area contributed by atoms with Crippen LogP contribution in [-0.4, -0.2) is 23.3 Å². The summed E-state index contributed by atoms with van der Waals surface area (Å²) in [5.74, 6) is 0.848. The molecule has 0 spiro atoms. The van der Waals surface area contributed by atoms with Crippen molar-refractivity contribution in [2.45, 2.75) is 92.3 Å². The second-order valence-corrected chi connectivity index (χ2v) is 10.0. The molecule has 0 saturated heterocycles. The number of hydrogen-bond donors (Lipinski definition) is 1. The molecule has 2 aliphatic carbocycles. The van der Waals surface area contributed by atoms with Gasteiger partial charge in [-0.3, -0.25) is 0 Å².